The molecule has 0 radical (unpaired) electrons. The number of hydrogen-bond donors (Lipinski definition) is 2. The Morgan fingerprint density at radius 1 is 1.60 bits per heavy atom. The highest BCUT2D eigenvalue weighted by molar-refractivity contribution is 7.80. The molecule has 0 unspecified atom stereocenters. The van der Waals surface area contributed by atoms with Crippen LogP contribution in [0, 0.1) is 0 Å². The highest BCUT2D eigenvalue weighted by Crippen LogP contribution is 2.00. The first-order valence-corrected chi connectivity index (χ1v) is 6.00. The van der Waals surface area contributed by atoms with Gasteiger partial charge in [-0.3, -0.25) is 4.79 Å². The van der Waals surface area contributed by atoms with Gasteiger partial charge in [0, 0.05) is 11.9 Å². The predicted molar refractivity (Wildman–Crippen MR) is 65.1 cm³/mol. The molecular weight excluding hydrogens is 230 g/mol. The third-order valence-electron chi connectivity index (χ3n) is 1.80. The minimum absolute atomic E-state index is 0.119. The van der Waals surface area contributed by atoms with E-state index in [1.54, 1.807) is 10.9 Å². The summed E-state index contributed by atoms with van der Waals surface area (Å²) in [6.07, 6.45) is 2.53. The summed E-state index contributed by atoms with van der Waals surface area (Å²) < 4.78 is 0. The molecule has 1 amide bonds. The van der Waals surface area contributed by atoms with Gasteiger partial charge in [-0.25, -0.2) is 4.98 Å². The lowest BCUT2D eigenvalue weighted by atomic mass is 10.2. The van der Waals surface area contributed by atoms with Crippen molar-refractivity contribution >= 4 is 34.5 Å². The van der Waals surface area contributed by atoms with Crippen molar-refractivity contribution in [1.82, 2.24) is 10.3 Å². The van der Waals surface area contributed by atoms with Gasteiger partial charge in [-0.05, 0) is 19.3 Å². The van der Waals surface area contributed by atoms with Crippen molar-refractivity contribution in [2.45, 2.75) is 19.3 Å². The van der Waals surface area contributed by atoms with Gasteiger partial charge in [0.25, 0.3) is 5.91 Å². The number of aromatic nitrogens is 1. The maximum absolute atomic E-state index is 11.4. The van der Waals surface area contributed by atoms with Gasteiger partial charge in [-0.15, -0.1) is 11.3 Å². The van der Waals surface area contributed by atoms with Gasteiger partial charge in [0.1, 0.15) is 5.69 Å². The molecule has 0 aliphatic heterocycles. The number of thiocarbonyl (C=S) groups is 1. The van der Waals surface area contributed by atoms with E-state index < -0.39 is 0 Å². The zero-order valence-electron chi connectivity index (χ0n) is 8.23. The van der Waals surface area contributed by atoms with E-state index >= 15 is 0 Å². The molecule has 1 aromatic heterocycles. The quantitative estimate of drug-likeness (QED) is 0.584. The Bertz CT molecular complexity index is 324. The molecule has 0 atom stereocenters. The van der Waals surface area contributed by atoms with Crippen molar-refractivity contribution in [3.63, 3.8) is 0 Å². The minimum Gasteiger partial charge on any atom is -0.393 e. The summed E-state index contributed by atoms with van der Waals surface area (Å²) in [4.78, 5) is 15.8. The molecule has 1 heterocycles. The zero-order chi connectivity index (χ0) is 11.1. The summed E-state index contributed by atoms with van der Waals surface area (Å²) in [6, 6.07) is 0. The standard InChI is InChI=1S/C9H13N3OS2/c10-8(14)3-1-2-4-11-9(13)7-5-15-6-12-7/h5-6H,1-4H2,(H2,10,14)(H,11,13). The third kappa shape index (κ3) is 4.85. The summed E-state index contributed by atoms with van der Waals surface area (Å²) >= 11 is 6.15. The summed E-state index contributed by atoms with van der Waals surface area (Å²) in [5.41, 5.74) is 7.47. The van der Waals surface area contributed by atoms with Crippen LogP contribution in [0.2, 0.25) is 0 Å². The average Bonchev–Trinajstić information content (AvgIpc) is 2.69. The molecule has 0 aromatic carbocycles. The van der Waals surface area contributed by atoms with E-state index in [2.05, 4.69) is 10.3 Å². The van der Waals surface area contributed by atoms with E-state index in [1.807, 2.05) is 0 Å². The van der Waals surface area contributed by atoms with Crippen LogP contribution < -0.4 is 11.1 Å². The maximum atomic E-state index is 11.4. The summed E-state index contributed by atoms with van der Waals surface area (Å²) in [5, 5.41) is 4.51. The Kier molecular flexibility index (Phi) is 5.20. The minimum atomic E-state index is -0.119. The van der Waals surface area contributed by atoms with E-state index in [-0.39, 0.29) is 5.91 Å². The highest BCUT2D eigenvalue weighted by Gasteiger charge is 2.05. The number of carbonyl (C=O) groups is 1. The Balaban J connectivity index is 2.10. The van der Waals surface area contributed by atoms with E-state index in [1.165, 1.54) is 11.3 Å². The molecule has 3 N–H and O–H groups in total. The van der Waals surface area contributed by atoms with E-state index in [0.717, 1.165) is 19.3 Å². The van der Waals surface area contributed by atoms with Crippen LogP contribution in [-0.4, -0.2) is 22.4 Å². The fraction of sp³-hybridized carbons (Fsp3) is 0.444. The first-order chi connectivity index (χ1) is 7.20. The second kappa shape index (κ2) is 6.47. The van der Waals surface area contributed by atoms with Crippen LogP contribution in [-0.2, 0) is 0 Å². The van der Waals surface area contributed by atoms with Crippen molar-refractivity contribution in [1.29, 1.82) is 0 Å². The molecule has 0 spiro atoms. The number of nitrogens with zero attached hydrogens (tertiary/aromatic N) is 1. The fourth-order valence-electron chi connectivity index (χ4n) is 1.04. The van der Waals surface area contributed by atoms with E-state index in [9.17, 15) is 4.79 Å². The zero-order valence-corrected chi connectivity index (χ0v) is 9.87. The normalized spacial score (nSPS) is 9.87. The lowest BCUT2D eigenvalue weighted by Crippen LogP contribution is -2.24. The predicted octanol–water partition coefficient (Wildman–Crippen LogP) is 1.33. The summed E-state index contributed by atoms with van der Waals surface area (Å²) in [6.45, 7) is 0.638. The molecular formula is C9H13N3OS2. The first kappa shape index (κ1) is 12.1. The van der Waals surface area contributed by atoms with Crippen LogP contribution in [0.3, 0.4) is 0 Å². The van der Waals surface area contributed by atoms with Crippen molar-refractivity contribution in [3.8, 4) is 0 Å². The first-order valence-electron chi connectivity index (χ1n) is 4.65. The largest absolute Gasteiger partial charge is 0.393 e. The Labute approximate surface area is 97.9 Å². The number of unbranched alkanes of at least 4 members (excludes halogenated alkanes) is 1. The highest BCUT2D eigenvalue weighted by atomic mass is 32.1. The van der Waals surface area contributed by atoms with Crippen LogP contribution in [0.25, 0.3) is 0 Å². The molecule has 0 fully saturated rings. The van der Waals surface area contributed by atoms with Crippen LogP contribution in [0.4, 0.5) is 0 Å². The van der Waals surface area contributed by atoms with Gasteiger partial charge < -0.3 is 11.1 Å². The SMILES string of the molecule is NC(=S)CCCCNC(=O)c1cscn1. The van der Waals surface area contributed by atoms with Gasteiger partial charge in [0.2, 0.25) is 0 Å². The van der Waals surface area contributed by atoms with Crippen molar-refractivity contribution in [2.24, 2.45) is 5.73 Å². The van der Waals surface area contributed by atoms with Crippen molar-refractivity contribution < 1.29 is 4.79 Å². The summed E-state index contributed by atoms with van der Waals surface area (Å²) in [7, 11) is 0. The number of rotatable bonds is 6. The van der Waals surface area contributed by atoms with Gasteiger partial charge in [0.05, 0.1) is 10.5 Å². The topological polar surface area (TPSA) is 68.0 Å². The molecule has 4 nitrogen and oxygen atoms in total. The van der Waals surface area contributed by atoms with Gasteiger partial charge in [0.15, 0.2) is 0 Å². The van der Waals surface area contributed by atoms with Gasteiger partial charge >= 0.3 is 0 Å². The number of nitrogens with one attached hydrogen (secondary N) is 1. The number of hydrogen-bond acceptors (Lipinski definition) is 4. The smallest absolute Gasteiger partial charge is 0.270 e. The van der Waals surface area contributed by atoms with Crippen LogP contribution >= 0.6 is 23.6 Å². The number of thiazole rings is 1. The van der Waals surface area contributed by atoms with Crippen LogP contribution in [0.15, 0.2) is 10.9 Å². The molecule has 1 aromatic rings. The molecule has 82 valence electrons. The molecule has 15 heavy (non-hydrogen) atoms. The van der Waals surface area contributed by atoms with Crippen LogP contribution in [0.1, 0.15) is 29.8 Å². The van der Waals surface area contributed by atoms with Crippen molar-refractivity contribution in [3.05, 3.63) is 16.6 Å². The molecule has 6 heteroatoms. The third-order valence-corrected chi connectivity index (χ3v) is 2.59. The van der Waals surface area contributed by atoms with Crippen LogP contribution in [0.5, 0.6) is 0 Å². The average molecular weight is 243 g/mol. The molecule has 1 rings (SSSR count). The number of nitrogens with two attached hydrogens (primary N) is 1. The van der Waals surface area contributed by atoms with Gasteiger partial charge in [-0.2, -0.15) is 0 Å². The second-order valence-corrected chi connectivity index (χ2v) is 4.30. The molecule has 0 bridgehead atoms. The van der Waals surface area contributed by atoms with E-state index in [0.29, 0.717) is 17.2 Å². The Morgan fingerprint density at radius 2 is 2.40 bits per heavy atom. The number of carbonyl (C=O) groups excluding carboxylic acids is 1. The molecule has 0 saturated carbocycles. The summed E-state index contributed by atoms with van der Waals surface area (Å²) in [5.74, 6) is -0.119. The monoisotopic (exact) mass is 243 g/mol. The number of amides is 1. The Morgan fingerprint density at radius 3 is 3.00 bits per heavy atom. The fourth-order valence-corrected chi connectivity index (χ4v) is 1.72. The maximum Gasteiger partial charge on any atom is 0.270 e. The second-order valence-electron chi connectivity index (χ2n) is 3.05. The molecule has 0 saturated heterocycles. The molecule has 0 aliphatic carbocycles. The lowest BCUT2D eigenvalue weighted by Gasteiger charge is -2.02. The molecule has 0 aliphatic rings. The Hall–Kier alpha value is -1.01. The lowest BCUT2D eigenvalue weighted by molar-refractivity contribution is 0.0949. The van der Waals surface area contributed by atoms with E-state index in [4.69, 9.17) is 18.0 Å². The van der Waals surface area contributed by atoms with Crippen molar-refractivity contribution in [2.75, 3.05) is 6.54 Å². The van der Waals surface area contributed by atoms with Gasteiger partial charge in [-0.1, -0.05) is 12.2 Å².